The van der Waals surface area contributed by atoms with E-state index in [1.54, 1.807) is 12.5 Å². The van der Waals surface area contributed by atoms with Gasteiger partial charge in [0.05, 0.1) is 12.1 Å². The van der Waals surface area contributed by atoms with E-state index in [1.165, 1.54) is 0 Å². The van der Waals surface area contributed by atoms with Crippen LogP contribution in [0.3, 0.4) is 0 Å². The minimum atomic E-state index is 0.732. The van der Waals surface area contributed by atoms with Crippen molar-refractivity contribution in [3.63, 3.8) is 0 Å². The molecule has 1 aliphatic rings. The third kappa shape index (κ3) is 4.67. The van der Waals surface area contributed by atoms with Crippen LogP contribution in [0, 0.1) is 0 Å². The van der Waals surface area contributed by atoms with Gasteiger partial charge < -0.3 is 15.2 Å². The molecule has 0 amide bonds. The van der Waals surface area contributed by atoms with E-state index in [1.807, 2.05) is 35.1 Å². The van der Waals surface area contributed by atoms with Crippen LogP contribution >= 0.6 is 11.6 Å². The highest BCUT2D eigenvalue weighted by Crippen LogP contribution is 2.12. The van der Waals surface area contributed by atoms with Crippen molar-refractivity contribution in [1.29, 1.82) is 0 Å². The maximum Gasteiger partial charge on any atom is 0.0955 e. The van der Waals surface area contributed by atoms with Crippen molar-refractivity contribution < 1.29 is 0 Å². The molecule has 100 valence electrons. The molecule has 0 spiro atoms. The molecule has 1 aliphatic carbocycles. The molecule has 0 saturated heterocycles. The number of halogens is 1. The average molecular weight is 277 g/mol. The second-order valence-corrected chi connectivity index (χ2v) is 4.62. The minimum Gasteiger partial charge on any atom is -0.370 e. The lowest BCUT2D eigenvalue weighted by atomic mass is 10.3. The van der Waals surface area contributed by atoms with E-state index in [-0.39, 0.29) is 0 Å². The molecule has 4 nitrogen and oxygen atoms in total. The van der Waals surface area contributed by atoms with Crippen LogP contribution in [0.1, 0.15) is 6.42 Å². The van der Waals surface area contributed by atoms with Crippen LogP contribution in [-0.2, 0) is 6.54 Å². The molecular formula is C14H17ClN4. The zero-order valence-corrected chi connectivity index (χ0v) is 11.4. The third-order valence-corrected chi connectivity index (χ3v) is 2.89. The number of allylic oxidation sites excluding steroid dienone is 5. The first-order valence-corrected chi connectivity index (χ1v) is 6.50. The van der Waals surface area contributed by atoms with Crippen molar-refractivity contribution in [2.45, 2.75) is 13.0 Å². The fourth-order valence-corrected chi connectivity index (χ4v) is 1.84. The van der Waals surface area contributed by atoms with Gasteiger partial charge in [0.25, 0.3) is 0 Å². The molecule has 2 rings (SSSR count). The predicted octanol–water partition coefficient (Wildman–Crippen LogP) is 2.50. The molecule has 0 fully saturated rings. The molecule has 5 heteroatoms. The van der Waals surface area contributed by atoms with Gasteiger partial charge in [-0.05, 0) is 18.2 Å². The summed E-state index contributed by atoms with van der Waals surface area (Å²) in [5.74, 6) is 0.784. The first-order chi connectivity index (χ1) is 9.24. The van der Waals surface area contributed by atoms with Gasteiger partial charge in [0.15, 0.2) is 0 Å². The van der Waals surface area contributed by atoms with Crippen LogP contribution in [-0.4, -0.2) is 16.1 Å². The summed E-state index contributed by atoms with van der Waals surface area (Å²) in [6.07, 6.45) is 14.1. The van der Waals surface area contributed by atoms with Gasteiger partial charge in [-0.15, -0.1) is 0 Å². The van der Waals surface area contributed by atoms with Crippen LogP contribution in [0.5, 0.6) is 0 Å². The Morgan fingerprint density at radius 2 is 2.37 bits per heavy atom. The van der Waals surface area contributed by atoms with Gasteiger partial charge in [-0.25, -0.2) is 4.98 Å². The first kappa shape index (κ1) is 13.5. The molecule has 0 bridgehead atoms. The lowest BCUT2D eigenvalue weighted by molar-refractivity contribution is 0.626. The largest absolute Gasteiger partial charge is 0.370 e. The molecule has 0 saturated carbocycles. The smallest absolute Gasteiger partial charge is 0.0955 e. The minimum absolute atomic E-state index is 0.732. The second kappa shape index (κ2) is 6.85. The van der Waals surface area contributed by atoms with Gasteiger partial charge in [0.2, 0.25) is 0 Å². The quantitative estimate of drug-likeness (QED) is 0.839. The predicted molar refractivity (Wildman–Crippen MR) is 78.3 cm³/mol. The molecule has 0 radical (unpaired) electrons. The number of hydrogen-bond donors (Lipinski definition) is 2. The molecule has 0 unspecified atom stereocenters. The van der Waals surface area contributed by atoms with E-state index in [0.29, 0.717) is 0 Å². The van der Waals surface area contributed by atoms with Crippen LogP contribution in [0.2, 0.25) is 0 Å². The lowest BCUT2D eigenvalue weighted by Crippen LogP contribution is -2.27. The van der Waals surface area contributed by atoms with E-state index in [2.05, 4.69) is 22.2 Å². The maximum absolute atomic E-state index is 5.92. The first-order valence-electron chi connectivity index (χ1n) is 6.12. The highest BCUT2D eigenvalue weighted by molar-refractivity contribution is 6.31. The Kier molecular flexibility index (Phi) is 4.86. The molecule has 0 aliphatic heterocycles. The molecule has 0 aromatic carbocycles. The third-order valence-electron chi connectivity index (χ3n) is 2.64. The van der Waals surface area contributed by atoms with E-state index >= 15 is 0 Å². The number of rotatable bonds is 6. The molecule has 1 aromatic heterocycles. The zero-order valence-electron chi connectivity index (χ0n) is 10.6. The summed E-state index contributed by atoms with van der Waals surface area (Å²) in [7, 11) is 0. The second-order valence-electron chi connectivity index (χ2n) is 4.18. The summed E-state index contributed by atoms with van der Waals surface area (Å²) in [6, 6.07) is 0. The Morgan fingerprint density at radius 3 is 3.16 bits per heavy atom. The van der Waals surface area contributed by atoms with Crippen molar-refractivity contribution in [3.05, 3.63) is 66.2 Å². The number of aromatic nitrogens is 2. The molecule has 2 N–H and O–H groups in total. The molecular weight excluding hydrogens is 260 g/mol. The standard InChI is InChI=1S/C14H17ClN4/c1-12(17-8-10-19-9-7-16-11-19)18-14-4-2-3-13(15)5-6-14/h2-3,5-7,9,11,17-18H,1,4,8,10H2. The Labute approximate surface area is 118 Å². The molecule has 0 atom stereocenters. The summed E-state index contributed by atoms with van der Waals surface area (Å²) in [5, 5.41) is 7.19. The molecule has 1 aromatic rings. The van der Waals surface area contributed by atoms with Crippen LogP contribution in [0.4, 0.5) is 0 Å². The summed E-state index contributed by atoms with van der Waals surface area (Å²) < 4.78 is 2.01. The van der Waals surface area contributed by atoms with Gasteiger partial charge in [-0.2, -0.15) is 0 Å². The lowest BCUT2D eigenvalue weighted by Gasteiger charge is -2.13. The number of nitrogens with zero attached hydrogens (tertiary/aromatic N) is 2. The van der Waals surface area contributed by atoms with Gasteiger partial charge >= 0.3 is 0 Å². The van der Waals surface area contributed by atoms with E-state index in [9.17, 15) is 0 Å². The van der Waals surface area contributed by atoms with Gasteiger partial charge in [-0.3, -0.25) is 0 Å². The van der Waals surface area contributed by atoms with Crippen LogP contribution < -0.4 is 10.6 Å². The topological polar surface area (TPSA) is 41.9 Å². The SMILES string of the molecule is C=C(NCCn1ccnc1)NC1=CC=C(Cl)C=CC1. The number of imidazole rings is 1. The van der Waals surface area contributed by atoms with Gasteiger partial charge in [0, 0.05) is 42.6 Å². The normalized spacial score (nSPS) is 14.4. The summed E-state index contributed by atoms with van der Waals surface area (Å²) >= 11 is 5.92. The number of nitrogens with one attached hydrogen (secondary N) is 2. The van der Waals surface area contributed by atoms with Gasteiger partial charge in [-0.1, -0.05) is 24.3 Å². The van der Waals surface area contributed by atoms with E-state index in [0.717, 1.165) is 36.1 Å². The monoisotopic (exact) mass is 276 g/mol. The van der Waals surface area contributed by atoms with Crippen molar-refractivity contribution in [3.8, 4) is 0 Å². The van der Waals surface area contributed by atoms with Gasteiger partial charge in [0.1, 0.15) is 0 Å². The highest BCUT2D eigenvalue weighted by atomic mass is 35.5. The summed E-state index contributed by atoms with van der Waals surface area (Å²) in [6.45, 7) is 5.60. The summed E-state index contributed by atoms with van der Waals surface area (Å²) in [4.78, 5) is 3.99. The maximum atomic E-state index is 5.92. The van der Waals surface area contributed by atoms with E-state index in [4.69, 9.17) is 11.6 Å². The fourth-order valence-electron chi connectivity index (χ4n) is 1.69. The Balaban J connectivity index is 1.74. The van der Waals surface area contributed by atoms with Crippen molar-refractivity contribution in [1.82, 2.24) is 20.2 Å². The Bertz CT molecular complexity index is 512. The fraction of sp³-hybridized carbons (Fsp3) is 0.214. The molecule has 1 heterocycles. The van der Waals surface area contributed by atoms with Crippen molar-refractivity contribution >= 4 is 11.6 Å². The van der Waals surface area contributed by atoms with Crippen molar-refractivity contribution in [2.24, 2.45) is 0 Å². The molecule has 19 heavy (non-hydrogen) atoms. The Morgan fingerprint density at radius 1 is 1.47 bits per heavy atom. The van der Waals surface area contributed by atoms with Crippen LogP contribution in [0.15, 0.2) is 66.2 Å². The van der Waals surface area contributed by atoms with Crippen molar-refractivity contribution in [2.75, 3.05) is 6.54 Å². The highest BCUT2D eigenvalue weighted by Gasteiger charge is 2.00. The van der Waals surface area contributed by atoms with E-state index < -0.39 is 0 Å². The van der Waals surface area contributed by atoms with Crippen LogP contribution in [0.25, 0.3) is 0 Å². The summed E-state index contributed by atoms with van der Waals surface area (Å²) in [5.41, 5.74) is 1.06. The Hall–Kier alpha value is -1.94. The number of hydrogen-bond acceptors (Lipinski definition) is 3. The zero-order chi connectivity index (χ0) is 13.5. The average Bonchev–Trinajstić information content (AvgIpc) is 2.81.